The van der Waals surface area contributed by atoms with Crippen LogP contribution >= 0.6 is 11.8 Å². The Morgan fingerprint density at radius 1 is 1.14 bits per heavy atom. The van der Waals surface area contributed by atoms with Crippen LogP contribution in [0.3, 0.4) is 0 Å². The standard InChI is InChI=1S/C21H18N2O4S/c1-2-11-27-17-10-6-7-15(12-17)13-18-20(25)23(21(26)28-18)14-19(24)22-16-8-4-3-5-9-16/h2-10,12-13H,1,11,14H2,(H,22,24)/b18-13+. The molecule has 2 aromatic carbocycles. The molecule has 1 aliphatic rings. The van der Waals surface area contributed by atoms with Gasteiger partial charge in [0, 0.05) is 5.69 Å². The summed E-state index contributed by atoms with van der Waals surface area (Å²) in [5.74, 6) is -0.291. The zero-order valence-corrected chi connectivity index (χ0v) is 15.8. The quantitative estimate of drug-likeness (QED) is 0.569. The summed E-state index contributed by atoms with van der Waals surface area (Å²) < 4.78 is 5.47. The lowest BCUT2D eigenvalue weighted by Gasteiger charge is -2.12. The van der Waals surface area contributed by atoms with Crippen molar-refractivity contribution in [3.63, 3.8) is 0 Å². The van der Waals surface area contributed by atoms with Crippen molar-refractivity contribution in [3.05, 3.63) is 77.7 Å². The maximum Gasteiger partial charge on any atom is 0.294 e. The molecule has 0 unspecified atom stereocenters. The van der Waals surface area contributed by atoms with Crippen LogP contribution in [0.15, 0.2) is 72.2 Å². The predicted octanol–water partition coefficient (Wildman–Crippen LogP) is 3.93. The minimum atomic E-state index is -0.490. The number of carbonyl (C=O) groups excluding carboxylic acids is 3. The smallest absolute Gasteiger partial charge is 0.294 e. The molecule has 0 radical (unpaired) electrons. The first kappa shape index (κ1) is 19.4. The van der Waals surface area contributed by atoms with Crippen molar-refractivity contribution in [2.45, 2.75) is 0 Å². The van der Waals surface area contributed by atoms with Crippen molar-refractivity contribution in [1.29, 1.82) is 0 Å². The highest BCUT2D eigenvalue weighted by Gasteiger charge is 2.36. The second-order valence-electron chi connectivity index (χ2n) is 5.85. The number of ether oxygens (including phenoxy) is 1. The Kier molecular flexibility index (Phi) is 6.29. The Labute approximate surface area is 166 Å². The first-order chi connectivity index (χ1) is 13.6. The molecular weight excluding hydrogens is 376 g/mol. The average Bonchev–Trinajstić information content (AvgIpc) is 2.95. The number of hydrogen-bond acceptors (Lipinski definition) is 5. The van der Waals surface area contributed by atoms with Crippen LogP contribution in [0.5, 0.6) is 5.75 Å². The van der Waals surface area contributed by atoms with Crippen LogP contribution in [-0.2, 0) is 9.59 Å². The first-order valence-electron chi connectivity index (χ1n) is 8.51. The van der Waals surface area contributed by atoms with Gasteiger partial charge in [0.1, 0.15) is 18.9 Å². The fraction of sp³-hybridized carbons (Fsp3) is 0.0952. The summed E-state index contributed by atoms with van der Waals surface area (Å²) in [4.78, 5) is 38.1. The summed E-state index contributed by atoms with van der Waals surface area (Å²) in [6, 6.07) is 16.0. The second-order valence-corrected chi connectivity index (χ2v) is 6.85. The molecule has 0 saturated carbocycles. The van der Waals surface area contributed by atoms with Gasteiger partial charge in [-0.1, -0.05) is 43.0 Å². The second kappa shape index (κ2) is 9.05. The molecule has 2 aromatic rings. The Balaban J connectivity index is 1.68. The molecule has 0 spiro atoms. The van der Waals surface area contributed by atoms with Gasteiger partial charge in [-0.2, -0.15) is 0 Å². The molecule has 0 atom stereocenters. The lowest BCUT2D eigenvalue weighted by Crippen LogP contribution is -2.36. The molecule has 3 amide bonds. The number of para-hydroxylation sites is 1. The lowest BCUT2D eigenvalue weighted by molar-refractivity contribution is -0.127. The molecular formula is C21H18N2O4S. The number of amides is 3. The molecule has 142 valence electrons. The van der Waals surface area contributed by atoms with E-state index in [-0.39, 0.29) is 11.4 Å². The van der Waals surface area contributed by atoms with Gasteiger partial charge in [-0.05, 0) is 47.7 Å². The zero-order chi connectivity index (χ0) is 19.9. The number of thioether (sulfide) groups is 1. The predicted molar refractivity (Wildman–Crippen MR) is 110 cm³/mol. The van der Waals surface area contributed by atoms with Gasteiger partial charge in [0.2, 0.25) is 5.91 Å². The van der Waals surface area contributed by atoms with Crippen molar-refractivity contribution in [2.24, 2.45) is 0 Å². The summed E-state index contributed by atoms with van der Waals surface area (Å²) in [7, 11) is 0. The zero-order valence-electron chi connectivity index (χ0n) is 15.0. The lowest BCUT2D eigenvalue weighted by atomic mass is 10.2. The van der Waals surface area contributed by atoms with Gasteiger partial charge in [-0.15, -0.1) is 0 Å². The Hall–Kier alpha value is -3.32. The fourth-order valence-electron chi connectivity index (χ4n) is 2.50. The van der Waals surface area contributed by atoms with Gasteiger partial charge in [0.25, 0.3) is 11.1 Å². The van der Waals surface area contributed by atoms with E-state index in [1.54, 1.807) is 60.7 Å². The van der Waals surface area contributed by atoms with Crippen LogP contribution in [0, 0.1) is 0 Å². The summed E-state index contributed by atoms with van der Waals surface area (Å²) in [6.07, 6.45) is 3.25. The number of imide groups is 1. The molecule has 1 fully saturated rings. The van der Waals surface area contributed by atoms with Crippen molar-refractivity contribution >= 4 is 40.6 Å². The minimum Gasteiger partial charge on any atom is -0.490 e. The molecule has 6 nitrogen and oxygen atoms in total. The number of carbonyl (C=O) groups is 3. The van der Waals surface area contributed by atoms with Gasteiger partial charge >= 0.3 is 0 Å². The van der Waals surface area contributed by atoms with Crippen LogP contribution in [0.25, 0.3) is 6.08 Å². The van der Waals surface area contributed by atoms with E-state index in [9.17, 15) is 14.4 Å². The number of hydrogen-bond donors (Lipinski definition) is 1. The van der Waals surface area contributed by atoms with E-state index < -0.39 is 17.1 Å². The summed E-state index contributed by atoms with van der Waals surface area (Å²) in [5, 5.41) is 2.19. The van der Waals surface area contributed by atoms with Crippen molar-refractivity contribution < 1.29 is 19.1 Å². The van der Waals surface area contributed by atoms with Crippen molar-refractivity contribution in [1.82, 2.24) is 4.90 Å². The highest BCUT2D eigenvalue weighted by atomic mass is 32.2. The molecule has 1 aliphatic heterocycles. The van der Waals surface area contributed by atoms with Gasteiger partial charge in [-0.25, -0.2) is 0 Å². The highest BCUT2D eigenvalue weighted by Crippen LogP contribution is 2.32. The SMILES string of the molecule is C=CCOc1cccc(/C=C2/SC(=O)N(CC(=O)Nc3ccccc3)C2=O)c1. The van der Waals surface area contributed by atoms with Gasteiger partial charge < -0.3 is 10.1 Å². The normalized spacial score (nSPS) is 15.0. The summed E-state index contributed by atoms with van der Waals surface area (Å²) in [6.45, 7) is 3.63. The Bertz CT molecular complexity index is 940. The number of nitrogens with one attached hydrogen (secondary N) is 1. The average molecular weight is 394 g/mol. The van der Waals surface area contributed by atoms with Gasteiger partial charge in [0.15, 0.2) is 0 Å². The molecule has 1 saturated heterocycles. The van der Waals surface area contributed by atoms with Crippen molar-refractivity contribution in [2.75, 3.05) is 18.5 Å². The van der Waals surface area contributed by atoms with E-state index in [2.05, 4.69) is 11.9 Å². The van der Waals surface area contributed by atoms with Crippen LogP contribution < -0.4 is 10.1 Å². The van der Waals surface area contributed by atoms with Crippen LogP contribution in [0.4, 0.5) is 10.5 Å². The monoisotopic (exact) mass is 394 g/mol. The van der Waals surface area contributed by atoms with E-state index in [1.165, 1.54) is 0 Å². The summed E-state index contributed by atoms with van der Waals surface area (Å²) >= 11 is 0.810. The van der Waals surface area contributed by atoms with Gasteiger partial charge in [-0.3, -0.25) is 19.3 Å². The van der Waals surface area contributed by atoms with Crippen LogP contribution in [-0.4, -0.2) is 35.1 Å². The number of nitrogens with zero attached hydrogens (tertiary/aromatic N) is 1. The van der Waals surface area contributed by atoms with E-state index in [0.717, 1.165) is 22.2 Å². The third-order valence-electron chi connectivity index (χ3n) is 3.76. The number of benzene rings is 2. The molecule has 3 rings (SSSR count). The molecule has 0 aliphatic carbocycles. The molecule has 0 aromatic heterocycles. The van der Waals surface area contributed by atoms with E-state index in [4.69, 9.17) is 4.74 Å². The van der Waals surface area contributed by atoms with Crippen molar-refractivity contribution in [3.8, 4) is 5.75 Å². The molecule has 28 heavy (non-hydrogen) atoms. The maximum absolute atomic E-state index is 12.6. The van der Waals surface area contributed by atoms with Gasteiger partial charge in [0.05, 0.1) is 4.91 Å². The Morgan fingerprint density at radius 3 is 2.68 bits per heavy atom. The van der Waals surface area contributed by atoms with E-state index in [0.29, 0.717) is 18.0 Å². The Morgan fingerprint density at radius 2 is 1.93 bits per heavy atom. The number of anilines is 1. The first-order valence-corrected chi connectivity index (χ1v) is 9.32. The summed E-state index contributed by atoms with van der Waals surface area (Å²) in [5.41, 5.74) is 1.33. The minimum absolute atomic E-state index is 0.262. The topological polar surface area (TPSA) is 75.7 Å². The maximum atomic E-state index is 12.6. The largest absolute Gasteiger partial charge is 0.490 e. The molecule has 7 heteroatoms. The third kappa shape index (κ3) is 4.89. The van der Waals surface area contributed by atoms with E-state index in [1.807, 2.05) is 6.07 Å². The van der Waals surface area contributed by atoms with Crippen LogP contribution in [0.2, 0.25) is 0 Å². The number of rotatable bonds is 7. The van der Waals surface area contributed by atoms with Crippen LogP contribution in [0.1, 0.15) is 5.56 Å². The van der Waals surface area contributed by atoms with E-state index >= 15 is 0 Å². The molecule has 1 heterocycles. The highest BCUT2D eigenvalue weighted by molar-refractivity contribution is 8.18. The third-order valence-corrected chi connectivity index (χ3v) is 4.66. The fourth-order valence-corrected chi connectivity index (χ4v) is 3.34. The molecule has 0 bridgehead atoms. The molecule has 1 N–H and O–H groups in total.